The highest BCUT2D eigenvalue weighted by Gasteiger charge is 2.08. The molecule has 2 aromatic rings. The molecule has 0 spiro atoms. The van der Waals surface area contributed by atoms with Crippen LogP contribution >= 0.6 is 0 Å². The summed E-state index contributed by atoms with van der Waals surface area (Å²) in [5, 5.41) is 17.3. The minimum Gasteiger partial charge on any atom is -0.393 e. The van der Waals surface area contributed by atoms with Crippen LogP contribution in [0.2, 0.25) is 0 Å². The van der Waals surface area contributed by atoms with Gasteiger partial charge < -0.3 is 10.5 Å². The van der Waals surface area contributed by atoms with Crippen LogP contribution in [0.5, 0.6) is 0 Å². The molecule has 0 bridgehead atoms. The van der Waals surface area contributed by atoms with Crippen molar-refractivity contribution in [1.29, 1.82) is 0 Å². The molecule has 7 heteroatoms. The van der Waals surface area contributed by atoms with Gasteiger partial charge in [0.1, 0.15) is 0 Å². The molecular formula is C9H13N5O2. The van der Waals surface area contributed by atoms with Crippen LogP contribution in [0.25, 0.3) is 5.65 Å². The third-order valence-corrected chi connectivity index (χ3v) is 2.15. The lowest BCUT2D eigenvalue weighted by molar-refractivity contribution is 0.194. The van der Waals surface area contributed by atoms with Crippen LogP contribution in [0.1, 0.15) is 12.6 Å². The standard InChI is InChI=1S/C9H13N5O2/c1-6(15)5-7-3-4-8-12-14(10-2)9(16)13(8)11-7/h3-4,6,10,15H,5H2,1-2H3. The summed E-state index contributed by atoms with van der Waals surface area (Å²) in [6.45, 7) is 1.67. The first kappa shape index (κ1) is 10.6. The molecule has 7 nitrogen and oxygen atoms in total. The van der Waals surface area contributed by atoms with E-state index in [2.05, 4.69) is 15.6 Å². The van der Waals surface area contributed by atoms with Crippen LogP contribution in [0.15, 0.2) is 16.9 Å². The Kier molecular flexibility index (Phi) is 2.61. The number of nitrogens with one attached hydrogen (secondary N) is 1. The van der Waals surface area contributed by atoms with Crippen molar-refractivity contribution in [3.63, 3.8) is 0 Å². The van der Waals surface area contributed by atoms with Gasteiger partial charge in [0.05, 0.1) is 11.8 Å². The van der Waals surface area contributed by atoms with E-state index in [0.717, 1.165) is 4.79 Å². The van der Waals surface area contributed by atoms with Crippen molar-refractivity contribution in [2.24, 2.45) is 0 Å². The second-order valence-electron chi connectivity index (χ2n) is 3.57. The summed E-state index contributed by atoms with van der Waals surface area (Å²) < 4.78 is 1.20. The number of fused-ring (bicyclic) bond motifs is 1. The van der Waals surface area contributed by atoms with Crippen molar-refractivity contribution in [2.75, 3.05) is 12.5 Å². The van der Waals surface area contributed by atoms with E-state index in [9.17, 15) is 9.90 Å². The van der Waals surface area contributed by atoms with Crippen molar-refractivity contribution in [3.05, 3.63) is 28.3 Å². The highest BCUT2D eigenvalue weighted by Crippen LogP contribution is 2.01. The van der Waals surface area contributed by atoms with Gasteiger partial charge in [0.25, 0.3) is 0 Å². The quantitative estimate of drug-likeness (QED) is 0.696. The number of hydrogen-bond acceptors (Lipinski definition) is 5. The zero-order valence-electron chi connectivity index (χ0n) is 9.08. The largest absolute Gasteiger partial charge is 0.393 e. The maximum absolute atomic E-state index is 11.7. The Balaban J connectivity index is 2.52. The number of nitrogens with zero attached hydrogens (tertiary/aromatic N) is 4. The number of rotatable bonds is 3. The summed E-state index contributed by atoms with van der Waals surface area (Å²) in [7, 11) is 1.60. The summed E-state index contributed by atoms with van der Waals surface area (Å²) in [4.78, 5) is 12.8. The van der Waals surface area contributed by atoms with Gasteiger partial charge in [0, 0.05) is 13.5 Å². The average Bonchev–Trinajstić information content (AvgIpc) is 2.55. The van der Waals surface area contributed by atoms with Gasteiger partial charge in [-0.1, -0.05) is 0 Å². The summed E-state index contributed by atoms with van der Waals surface area (Å²) in [6, 6.07) is 3.44. The predicted octanol–water partition coefficient (Wildman–Crippen LogP) is -1.01. The Hall–Kier alpha value is -1.89. The normalized spacial score (nSPS) is 12.9. The molecule has 0 fully saturated rings. The summed E-state index contributed by atoms with van der Waals surface area (Å²) in [6.07, 6.45) is -0.0763. The molecule has 2 N–H and O–H groups in total. The van der Waals surface area contributed by atoms with E-state index in [1.165, 1.54) is 4.52 Å². The fourth-order valence-corrected chi connectivity index (χ4v) is 1.46. The topological polar surface area (TPSA) is 84.4 Å². The van der Waals surface area contributed by atoms with Crippen LogP contribution in [0.4, 0.5) is 0 Å². The molecule has 0 aromatic carbocycles. The monoisotopic (exact) mass is 223 g/mol. The third-order valence-electron chi connectivity index (χ3n) is 2.15. The molecule has 0 radical (unpaired) electrons. The van der Waals surface area contributed by atoms with Gasteiger partial charge in [-0.25, -0.2) is 4.79 Å². The molecule has 0 aliphatic rings. The molecule has 86 valence electrons. The van der Waals surface area contributed by atoms with Crippen molar-refractivity contribution >= 4 is 5.65 Å². The van der Waals surface area contributed by atoms with E-state index in [-0.39, 0.29) is 5.69 Å². The van der Waals surface area contributed by atoms with Crippen molar-refractivity contribution in [2.45, 2.75) is 19.4 Å². The van der Waals surface area contributed by atoms with E-state index in [1.807, 2.05) is 0 Å². The van der Waals surface area contributed by atoms with Gasteiger partial charge in [0.2, 0.25) is 0 Å². The minimum atomic E-state index is -0.486. The lowest BCUT2D eigenvalue weighted by Crippen LogP contribution is -2.28. The maximum atomic E-state index is 11.7. The maximum Gasteiger partial charge on any atom is 0.386 e. The first-order valence-corrected chi connectivity index (χ1v) is 4.95. The molecule has 0 saturated heterocycles. The Morgan fingerprint density at radius 2 is 2.25 bits per heavy atom. The van der Waals surface area contributed by atoms with Gasteiger partial charge in [-0.2, -0.15) is 9.61 Å². The molecule has 2 heterocycles. The molecule has 2 rings (SSSR count). The summed E-state index contributed by atoms with van der Waals surface area (Å²) >= 11 is 0. The van der Waals surface area contributed by atoms with E-state index < -0.39 is 6.10 Å². The van der Waals surface area contributed by atoms with Crippen LogP contribution in [0.3, 0.4) is 0 Å². The highest BCUT2D eigenvalue weighted by molar-refractivity contribution is 5.35. The van der Waals surface area contributed by atoms with Crippen LogP contribution in [-0.2, 0) is 6.42 Å². The first-order valence-electron chi connectivity index (χ1n) is 4.95. The van der Waals surface area contributed by atoms with E-state index in [0.29, 0.717) is 17.8 Å². The smallest absolute Gasteiger partial charge is 0.386 e. The number of aliphatic hydroxyl groups is 1. The fourth-order valence-electron chi connectivity index (χ4n) is 1.46. The summed E-state index contributed by atoms with van der Waals surface area (Å²) in [5.41, 5.74) is 3.39. The molecule has 0 aliphatic heterocycles. The Morgan fingerprint density at radius 1 is 1.50 bits per heavy atom. The second-order valence-corrected chi connectivity index (χ2v) is 3.57. The Bertz CT molecular complexity index is 557. The van der Waals surface area contributed by atoms with E-state index in [1.54, 1.807) is 26.1 Å². The zero-order chi connectivity index (χ0) is 11.7. The lowest BCUT2D eigenvalue weighted by Gasteiger charge is -2.02. The molecule has 1 atom stereocenters. The fraction of sp³-hybridized carbons (Fsp3) is 0.444. The Labute approximate surface area is 91.3 Å². The van der Waals surface area contributed by atoms with Gasteiger partial charge in [-0.15, -0.1) is 9.89 Å². The van der Waals surface area contributed by atoms with E-state index in [4.69, 9.17) is 0 Å². The SMILES string of the molecule is CNn1nc2ccc(CC(C)O)nn2c1=O. The molecule has 0 aliphatic carbocycles. The number of aliphatic hydroxyl groups excluding tert-OH is 1. The van der Waals surface area contributed by atoms with Crippen LogP contribution < -0.4 is 11.1 Å². The Morgan fingerprint density at radius 3 is 2.88 bits per heavy atom. The molecule has 1 unspecified atom stereocenters. The number of aromatic nitrogens is 4. The molecule has 16 heavy (non-hydrogen) atoms. The van der Waals surface area contributed by atoms with Crippen molar-refractivity contribution < 1.29 is 5.11 Å². The first-order chi connectivity index (χ1) is 7.61. The predicted molar refractivity (Wildman–Crippen MR) is 57.9 cm³/mol. The van der Waals surface area contributed by atoms with Gasteiger partial charge in [-0.05, 0) is 19.1 Å². The molecule has 2 aromatic heterocycles. The molecular weight excluding hydrogens is 210 g/mol. The summed E-state index contributed by atoms with van der Waals surface area (Å²) in [5.74, 6) is 0. The number of hydrogen-bond donors (Lipinski definition) is 2. The molecule has 0 amide bonds. The highest BCUT2D eigenvalue weighted by atomic mass is 16.3. The third kappa shape index (κ3) is 1.76. The lowest BCUT2D eigenvalue weighted by atomic mass is 10.2. The van der Waals surface area contributed by atoms with Crippen LogP contribution in [-0.4, -0.2) is 37.8 Å². The second kappa shape index (κ2) is 3.93. The zero-order valence-corrected chi connectivity index (χ0v) is 9.08. The molecule has 0 saturated carbocycles. The average molecular weight is 223 g/mol. The van der Waals surface area contributed by atoms with Gasteiger partial charge in [-0.3, -0.25) is 0 Å². The van der Waals surface area contributed by atoms with Crippen LogP contribution in [0, 0.1) is 0 Å². The van der Waals surface area contributed by atoms with E-state index >= 15 is 0 Å². The van der Waals surface area contributed by atoms with Crippen molar-refractivity contribution in [3.8, 4) is 0 Å². The minimum absolute atomic E-state index is 0.357. The van der Waals surface area contributed by atoms with Gasteiger partial charge >= 0.3 is 5.69 Å². The van der Waals surface area contributed by atoms with Gasteiger partial charge in [0.15, 0.2) is 5.65 Å². The van der Waals surface area contributed by atoms with Crippen molar-refractivity contribution in [1.82, 2.24) is 19.5 Å².